The molecule has 0 saturated carbocycles. The Hall–Kier alpha value is -1.96. The van der Waals surface area contributed by atoms with E-state index in [0.717, 1.165) is 0 Å². The SMILES string of the molecule is COc1cc(N)c(Cl)cc1C(=O)Nc1cccc(CS(=O)(=O)C(C)C)c1.Cl. The van der Waals surface area contributed by atoms with E-state index in [9.17, 15) is 13.2 Å². The standard InChI is InChI=1S/C18H21ClN2O4S.ClH/c1-11(2)26(23,24)10-12-5-4-6-13(7-12)21-18(22)14-8-15(19)16(20)9-17(14)25-3;/h4-9,11H,10,20H2,1-3H3,(H,21,22);1H. The van der Waals surface area contributed by atoms with E-state index in [2.05, 4.69) is 5.32 Å². The number of amides is 1. The lowest BCUT2D eigenvalue weighted by Crippen LogP contribution is -2.16. The largest absolute Gasteiger partial charge is 0.496 e. The van der Waals surface area contributed by atoms with Gasteiger partial charge in [-0.05, 0) is 37.6 Å². The van der Waals surface area contributed by atoms with Crippen molar-refractivity contribution in [2.45, 2.75) is 24.9 Å². The highest BCUT2D eigenvalue weighted by atomic mass is 35.5. The van der Waals surface area contributed by atoms with Crippen molar-refractivity contribution in [3.05, 3.63) is 52.5 Å². The summed E-state index contributed by atoms with van der Waals surface area (Å²) in [6.07, 6.45) is 0. The molecule has 0 heterocycles. The summed E-state index contributed by atoms with van der Waals surface area (Å²) in [4.78, 5) is 12.6. The molecule has 2 aromatic carbocycles. The molecule has 148 valence electrons. The molecule has 9 heteroatoms. The molecule has 2 aromatic rings. The van der Waals surface area contributed by atoms with Crippen LogP contribution >= 0.6 is 24.0 Å². The second kappa shape index (κ2) is 9.30. The zero-order chi connectivity index (χ0) is 19.5. The molecular formula is C18H22Cl2N2O4S. The van der Waals surface area contributed by atoms with Gasteiger partial charge >= 0.3 is 0 Å². The maximum atomic E-state index is 12.6. The molecule has 0 aromatic heterocycles. The lowest BCUT2D eigenvalue weighted by atomic mass is 10.1. The maximum Gasteiger partial charge on any atom is 0.259 e. The van der Waals surface area contributed by atoms with Crippen molar-refractivity contribution in [2.24, 2.45) is 0 Å². The highest BCUT2D eigenvalue weighted by Crippen LogP contribution is 2.29. The minimum Gasteiger partial charge on any atom is -0.496 e. The third kappa shape index (κ3) is 5.76. The molecule has 0 bridgehead atoms. The number of hydrogen-bond acceptors (Lipinski definition) is 5. The highest BCUT2D eigenvalue weighted by Gasteiger charge is 2.18. The van der Waals surface area contributed by atoms with E-state index in [-0.39, 0.29) is 28.7 Å². The molecule has 1 amide bonds. The Balaban J connectivity index is 0.00000364. The van der Waals surface area contributed by atoms with Gasteiger partial charge in [-0.2, -0.15) is 0 Å². The molecular weight excluding hydrogens is 411 g/mol. The second-order valence-electron chi connectivity index (χ2n) is 6.08. The Morgan fingerprint density at radius 3 is 2.52 bits per heavy atom. The first kappa shape index (κ1) is 23.1. The quantitative estimate of drug-likeness (QED) is 0.673. The first-order chi connectivity index (χ1) is 12.1. The Kier molecular flexibility index (Phi) is 7.95. The molecule has 0 saturated heterocycles. The van der Waals surface area contributed by atoms with Gasteiger partial charge in [0, 0.05) is 11.8 Å². The van der Waals surface area contributed by atoms with Crippen LogP contribution in [0.5, 0.6) is 5.75 Å². The average Bonchev–Trinajstić information content (AvgIpc) is 2.56. The lowest BCUT2D eigenvalue weighted by molar-refractivity contribution is 0.102. The average molecular weight is 433 g/mol. The van der Waals surface area contributed by atoms with Crippen LogP contribution in [0.3, 0.4) is 0 Å². The third-order valence-corrected chi connectivity index (χ3v) is 6.33. The molecule has 2 rings (SSSR count). The van der Waals surface area contributed by atoms with Crippen LogP contribution in [0.15, 0.2) is 36.4 Å². The molecule has 0 aliphatic carbocycles. The zero-order valence-electron chi connectivity index (χ0n) is 15.2. The maximum absolute atomic E-state index is 12.6. The van der Waals surface area contributed by atoms with Crippen LogP contribution < -0.4 is 15.8 Å². The molecule has 27 heavy (non-hydrogen) atoms. The fourth-order valence-corrected chi connectivity index (χ4v) is 3.39. The Bertz CT molecular complexity index is 931. The predicted octanol–water partition coefficient (Wildman–Crippen LogP) is 3.93. The van der Waals surface area contributed by atoms with Crippen LogP contribution in [0.2, 0.25) is 5.02 Å². The van der Waals surface area contributed by atoms with Crippen LogP contribution in [-0.4, -0.2) is 26.7 Å². The van der Waals surface area contributed by atoms with Crippen molar-refractivity contribution in [1.29, 1.82) is 0 Å². The fraction of sp³-hybridized carbons (Fsp3) is 0.278. The fourth-order valence-electron chi connectivity index (χ4n) is 2.25. The number of halogens is 2. The van der Waals surface area contributed by atoms with Gasteiger partial charge in [-0.1, -0.05) is 23.7 Å². The first-order valence-corrected chi connectivity index (χ1v) is 9.98. The minimum atomic E-state index is -3.23. The molecule has 0 atom stereocenters. The van der Waals surface area contributed by atoms with E-state index < -0.39 is 21.0 Å². The van der Waals surface area contributed by atoms with Crippen molar-refractivity contribution in [3.63, 3.8) is 0 Å². The molecule has 0 spiro atoms. The number of ether oxygens (including phenoxy) is 1. The van der Waals surface area contributed by atoms with Crippen LogP contribution in [0.1, 0.15) is 29.8 Å². The number of hydrogen-bond donors (Lipinski definition) is 2. The number of nitrogen functional groups attached to an aromatic ring is 1. The van der Waals surface area contributed by atoms with Gasteiger partial charge in [0.15, 0.2) is 9.84 Å². The van der Waals surface area contributed by atoms with Gasteiger partial charge in [-0.3, -0.25) is 4.79 Å². The Morgan fingerprint density at radius 2 is 1.93 bits per heavy atom. The van der Waals surface area contributed by atoms with Gasteiger partial charge in [0.2, 0.25) is 0 Å². The van der Waals surface area contributed by atoms with E-state index in [0.29, 0.717) is 22.7 Å². The molecule has 3 N–H and O–H groups in total. The monoisotopic (exact) mass is 432 g/mol. The van der Waals surface area contributed by atoms with Crippen LogP contribution in [-0.2, 0) is 15.6 Å². The van der Waals surface area contributed by atoms with Gasteiger partial charge in [0.05, 0.1) is 34.4 Å². The molecule has 0 aliphatic heterocycles. The number of carbonyl (C=O) groups is 1. The van der Waals surface area contributed by atoms with Gasteiger partial charge in [-0.15, -0.1) is 12.4 Å². The van der Waals surface area contributed by atoms with Crippen LogP contribution in [0.25, 0.3) is 0 Å². The minimum absolute atomic E-state index is 0. The summed E-state index contributed by atoms with van der Waals surface area (Å²) in [7, 11) is -1.81. The van der Waals surface area contributed by atoms with E-state index in [1.165, 1.54) is 19.2 Å². The number of nitrogens with two attached hydrogens (primary N) is 1. The van der Waals surface area contributed by atoms with Crippen molar-refractivity contribution in [3.8, 4) is 5.75 Å². The number of sulfone groups is 1. The first-order valence-electron chi connectivity index (χ1n) is 7.89. The number of rotatable bonds is 6. The smallest absolute Gasteiger partial charge is 0.259 e. The van der Waals surface area contributed by atoms with E-state index in [1.807, 2.05) is 0 Å². The summed E-state index contributed by atoms with van der Waals surface area (Å²) in [5, 5.41) is 2.49. The van der Waals surface area contributed by atoms with Crippen molar-refractivity contribution < 1.29 is 17.9 Å². The van der Waals surface area contributed by atoms with Gasteiger partial charge in [0.1, 0.15) is 5.75 Å². The highest BCUT2D eigenvalue weighted by molar-refractivity contribution is 7.91. The second-order valence-corrected chi connectivity index (χ2v) is 9.05. The number of nitrogens with one attached hydrogen (secondary N) is 1. The van der Waals surface area contributed by atoms with Crippen LogP contribution in [0.4, 0.5) is 11.4 Å². The van der Waals surface area contributed by atoms with Crippen molar-refractivity contribution in [2.75, 3.05) is 18.2 Å². The summed E-state index contributed by atoms with van der Waals surface area (Å²) in [5.41, 5.74) is 7.32. The molecule has 0 fully saturated rings. The van der Waals surface area contributed by atoms with E-state index >= 15 is 0 Å². The summed E-state index contributed by atoms with van der Waals surface area (Å²) >= 11 is 5.99. The molecule has 0 radical (unpaired) electrons. The normalized spacial score (nSPS) is 11.0. The number of anilines is 2. The van der Waals surface area contributed by atoms with Crippen LogP contribution in [0, 0.1) is 0 Å². The molecule has 0 unspecified atom stereocenters. The molecule has 0 aliphatic rings. The van der Waals surface area contributed by atoms with Gasteiger partial charge in [-0.25, -0.2) is 8.42 Å². The van der Waals surface area contributed by atoms with Crippen molar-refractivity contribution in [1.82, 2.24) is 0 Å². The molecule has 6 nitrogen and oxygen atoms in total. The summed E-state index contributed by atoms with van der Waals surface area (Å²) in [6, 6.07) is 9.60. The zero-order valence-corrected chi connectivity index (χ0v) is 17.5. The topological polar surface area (TPSA) is 98.5 Å². The lowest BCUT2D eigenvalue weighted by Gasteiger charge is -2.12. The number of carbonyl (C=O) groups excluding carboxylic acids is 1. The van der Waals surface area contributed by atoms with E-state index in [4.69, 9.17) is 22.1 Å². The number of benzene rings is 2. The number of methoxy groups -OCH3 is 1. The Morgan fingerprint density at radius 1 is 1.26 bits per heavy atom. The Labute approximate surface area is 170 Å². The van der Waals surface area contributed by atoms with E-state index in [1.54, 1.807) is 38.1 Å². The third-order valence-electron chi connectivity index (χ3n) is 3.83. The summed E-state index contributed by atoms with van der Waals surface area (Å²) in [6.45, 7) is 3.27. The summed E-state index contributed by atoms with van der Waals surface area (Å²) < 4.78 is 29.3. The van der Waals surface area contributed by atoms with Gasteiger partial charge in [0.25, 0.3) is 5.91 Å². The predicted molar refractivity (Wildman–Crippen MR) is 112 cm³/mol. The van der Waals surface area contributed by atoms with Gasteiger partial charge < -0.3 is 15.8 Å². The summed E-state index contributed by atoms with van der Waals surface area (Å²) in [5.74, 6) is -0.235. The van der Waals surface area contributed by atoms with Crippen molar-refractivity contribution >= 4 is 51.1 Å².